The van der Waals surface area contributed by atoms with E-state index in [4.69, 9.17) is 4.74 Å². The van der Waals surface area contributed by atoms with Crippen molar-refractivity contribution in [3.8, 4) is 0 Å². The monoisotopic (exact) mass is 422 g/mol. The van der Waals surface area contributed by atoms with Gasteiger partial charge in [0, 0.05) is 17.8 Å². The number of carbonyl (C=O) groups excluding carboxylic acids is 2. The first kappa shape index (κ1) is 20.7. The molecule has 2 aromatic rings. The lowest BCUT2D eigenvalue weighted by atomic mass is 10.2. The Morgan fingerprint density at radius 1 is 1.25 bits per heavy atom. The van der Waals surface area contributed by atoms with E-state index in [0.717, 1.165) is 34.1 Å². The average Bonchev–Trinajstić information content (AvgIpc) is 3.15. The molecule has 3 heterocycles. The van der Waals surface area contributed by atoms with Crippen molar-refractivity contribution in [3.63, 3.8) is 0 Å². The van der Waals surface area contributed by atoms with Crippen LogP contribution in [0.25, 0.3) is 0 Å². The first-order chi connectivity index (χ1) is 13.2. The van der Waals surface area contributed by atoms with Crippen molar-refractivity contribution >= 4 is 39.8 Å². The second-order valence-corrected chi connectivity index (χ2v) is 9.93. The maximum Gasteiger partial charge on any atom is 0.410 e. The molecule has 152 valence electrons. The van der Waals surface area contributed by atoms with Crippen molar-refractivity contribution in [1.29, 1.82) is 0 Å². The fourth-order valence-corrected chi connectivity index (χ4v) is 4.95. The number of anilines is 1. The first-order valence-electron chi connectivity index (χ1n) is 9.40. The van der Waals surface area contributed by atoms with E-state index in [9.17, 15) is 9.59 Å². The summed E-state index contributed by atoms with van der Waals surface area (Å²) < 4.78 is 5.45. The molecule has 0 spiro atoms. The Hall–Kier alpha value is -2.00. The summed E-state index contributed by atoms with van der Waals surface area (Å²) in [4.78, 5) is 37.3. The molecule has 0 aliphatic carbocycles. The van der Waals surface area contributed by atoms with Crippen LogP contribution in [0.4, 0.5) is 9.93 Å². The predicted molar refractivity (Wildman–Crippen MR) is 111 cm³/mol. The minimum Gasteiger partial charge on any atom is -0.444 e. The Bertz CT molecular complexity index is 882. The molecule has 0 unspecified atom stereocenters. The van der Waals surface area contributed by atoms with E-state index in [1.165, 1.54) is 22.7 Å². The third-order valence-corrected chi connectivity index (χ3v) is 6.33. The smallest absolute Gasteiger partial charge is 0.410 e. The highest BCUT2D eigenvalue weighted by molar-refractivity contribution is 7.16. The third-order valence-electron chi connectivity index (χ3n) is 4.11. The van der Waals surface area contributed by atoms with Crippen molar-refractivity contribution in [2.75, 3.05) is 11.9 Å². The zero-order chi connectivity index (χ0) is 20.5. The fraction of sp³-hybridized carbons (Fsp3) is 0.579. The highest BCUT2D eigenvalue weighted by Gasteiger charge is 2.28. The van der Waals surface area contributed by atoms with Gasteiger partial charge in [0.1, 0.15) is 10.5 Å². The van der Waals surface area contributed by atoms with Crippen molar-refractivity contribution < 1.29 is 14.3 Å². The summed E-state index contributed by atoms with van der Waals surface area (Å²) in [5.41, 5.74) is 1.17. The molecule has 0 aromatic carbocycles. The number of carbonyl (C=O) groups is 2. The predicted octanol–water partition coefficient (Wildman–Crippen LogP) is 4.41. The maximum atomic E-state index is 12.6. The Labute approximate surface area is 173 Å². The number of hydrogen-bond acceptors (Lipinski definition) is 7. The number of nitrogens with one attached hydrogen (secondary N) is 1. The number of aryl methyl sites for hydroxylation is 2. The van der Waals surface area contributed by atoms with Gasteiger partial charge < -0.3 is 9.64 Å². The molecule has 1 aliphatic rings. The van der Waals surface area contributed by atoms with Crippen LogP contribution in [0, 0.1) is 6.92 Å². The second kappa shape index (κ2) is 8.16. The summed E-state index contributed by atoms with van der Waals surface area (Å²) in [6.07, 6.45) is 2.22. The van der Waals surface area contributed by atoms with E-state index in [2.05, 4.69) is 22.2 Å². The molecule has 0 atom stereocenters. The van der Waals surface area contributed by atoms with Gasteiger partial charge in [0.2, 0.25) is 0 Å². The van der Waals surface area contributed by atoms with Crippen LogP contribution in [-0.4, -0.2) is 39.0 Å². The van der Waals surface area contributed by atoms with Gasteiger partial charge >= 0.3 is 6.09 Å². The number of rotatable bonds is 4. The van der Waals surface area contributed by atoms with Gasteiger partial charge in [-0.25, -0.2) is 14.8 Å². The molecule has 0 saturated carbocycles. The Morgan fingerprint density at radius 2 is 2.00 bits per heavy atom. The van der Waals surface area contributed by atoms with Gasteiger partial charge in [0.05, 0.1) is 22.9 Å². The summed E-state index contributed by atoms with van der Waals surface area (Å²) in [6, 6.07) is 0. The van der Waals surface area contributed by atoms with Crippen molar-refractivity contribution in [2.45, 2.75) is 66.0 Å². The van der Waals surface area contributed by atoms with Crippen molar-refractivity contribution in [2.24, 2.45) is 0 Å². The van der Waals surface area contributed by atoms with Crippen LogP contribution in [0.15, 0.2) is 0 Å². The number of aromatic nitrogens is 2. The molecule has 2 aromatic heterocycles. The zero-order valence-electron chi connectivity index (χ0n) is 16.9. The standard InChI is InChI=1S/C19H26N4O3S2/c1-6-7-14-20-11(2)15(28-14)16(24)22-17-21-12-8-9-23(10-13(12)27-17)18(25)26-19(3,4)5/h6-10H2,1-5H3,(H,21,22,24). The number of ether oxygens (including phenoxy) is 1. The average molecular weight is 423 g/mol. The van der Waals surface area contributed by atoms with Crippen LogP contribution in [0.2, 0.25) is 0 Å². The number of nitrogens with zero attached hydrogens (tertiary/aromatic N) is 3. The highest BCUT2D eigenvalue weighted by Crippen LogP contribution is 2.30. The van der Waals surface area contributed by atoms with E-state index < -0.39 is 5.60 Å². The summed E-state index contributed by atoms with van der Waals surface area (Å²) in [5, 5.41) is 4.44. The molecule has 3 rings (SSSR count). The van der Waals surface area contributed by atoms with Crippen molar-refractivity contribution in [3.05, 3.63) is 26.1 Å². The lowest BCUT2D eigenvalue weighted by Crippen LogP contribution is -2.39. The van der Waals surface area contributed by atoms with Gasteiger partial charge in [-0.15, -0.1) is 11.3 Å². The topological polar surface area (TPSA) is 84.4 Å². The number of thiazole rings is 2. The van der Waals surface area contributed by atoms with E-state index in [-0.39, 0.29) is 12.0 Å². The van der Waals surface area contributed by atoms with Crippen LogP contribution in [0.5, 0.6) is 0 Å². The van der Waals surface area contributed by atoms with Gasteiger partial charge in [-0.05, 0) is 40.5 Å². The molecular weight excluding hydrogens is 396 g/mol. The zero-order valence-corrected chi connectivity index (χ0v) is 18.6. The minimum atomic E-state index is -0.520. The second-order valence-electron chi connectivity index (χ2n) is 7.77. The van der Waals surface area contributed by atoms with Gasteiger partial charge in [-0.1, -0.05) is 18.3 Å². The van der Waals surface area contributed by atoms with Crippen molar-refractivity contribution in [1.82, 2.24) is 14.9 Å². The van der Waals surface area contributed by atoms with Gasteiger partial charge in [0.25, 0.3) is 5.91 Å². The Morgan fingerprint density at radius 3 is 2.68 bits per heavy atom. The normalized spacial score (nSPS) is 14.0. The van der Waals surface area contributed by atoms with Crippen LogP contribution >= 0.6 is 22.7 Å². The maximum absolute atomic E-state index is 12.6. The molecule has 0 radical (unpaired) electrons. The SMILES string of the molecule is CCCc1nc(C)c(C(=O)Nc2nc3c(s2)CN(C(=O)OC(C)(C)C)CC3)s1. The Balaban J connectivity index is 1.67. The number of amides is 2. The molecule has 9 heteroatoms. The fourth-order valence-electron chi connectivity index (χ4n) is 2.87. The highest BCUT2D eigenvalue weighted by atomic mass is 32.1. The quantitative estimate of drug-likeness (QED) is 0.789. The third kappa shape index (κ3) is 4.88. The molecule has 0 saturated heterocycles. The summed E-state index contributed by atoms with van der Waals surface area (Å²) in [6.45, 7) is 10.5. The summed E-state index contributed by atoms with van der Waals surface area (Å²) in [7, 11) is 0. The van der Waals surface area contributed by atoms with E-state index >= 15 is 0 Å². The molecule has 1 N–H and O–H groups in total. The summed E-state index contributed by atoms with van der Waals surface area (Å²) >= 11 is 2.85. The molecule has 0 bridgehead atoms. The van der Waals surface area contributed by atoms with Crippen LogP contribution in [0.3, 0.4) is 0 Å². The first-order valence-corrected chi connectivity index (χ1v) is 11.0. The molecule has 2 amide bonds. The van der Waals surface area contributed by atoms with Crippen LogP contribution in [-0.2, 0) is 24.1 Å². The molecule has 1 aliphatic heterocycles. The van der Waals surface area contributed by atoms with E-state index in [0.29, 0.717) is 29.5 Å². The number of fused-ring (bicyclic) bond motifs is 1. The largest absolute Gasteiger partial charge is 0.444 e. The van der Waals surface area contributed by atoms with E-state index in [1.807, 2.05) is 27.7 Å². The van der Waals surface area contributed by atoms with Crippen LogP contribution < -0.4 is 5.32 Å². The molecule has 7 nitrogen and oxygen atoms in total. The van der Waals surface area contributed by atoms with Gasteiger partial charge in [0.15, 0.2) is 5.13 Å². The lowest BCUT2D eigenvalue weighted by molar-refractivity contribution is 0.0225. The minimum absolute atomic E-state index is 0.174. The number of hydrogen-bond donors (Lipinski definition) is 1. The molecule has 28 heavy (non-hydrogen) atoms. The lowest BCUT2D eigenvalue weighted by Gasteiger charge is -2.29. The molecule has 0 fully saturated rings. The van der Waals surface area contributed by atoms with E-state index in [1.54, 1.807) is 4.90 Å². The van der Waals surface area contributed by atoms with Gasteiger partial charge in [-0.2, -0.15) is 0 Å². The molecular formula is C19H26N4O3S2. The van der Waals surface area contributed by atoms with Gasteiger partial charge in [-0.3, -0.25) is 10.1 Å². The Kier molecular flexibility index (Phi) is 6.04. The van der Waals surface area contributed by atoms with Crippen LogP contribution in [0.1, 0.15) is 65.1 Å². The summed E-state index contributed by atoms with van der Waals surface area (Å²) in [5.74, 6) is -0.174.